The summed E-state index contributed by atoms with van der Waals surface area (Å²) in [5.74, 6) is -0.00731. The van der Waals surface area contributed by atoms with Gasteiger partial charge in [0, 0.05) is 23.9 Å². The summed E-state index contributed by atoms with van der Waals surface area (Å²) in [4.78, 5) is 16.7. The fourth-order valence-electron chi connectivity index (χ4n) is 2.49. The van der Waals surface area contributed by atoms with Gasteiger partial charge in [0.2, 0.25) is 5.91 Å². The van der Waals surface area contributed by atoms with E-state index < -0.39 is 0 Å². The van der Waals surface area contributed by atoms with Gasteiger partial charge in [0.25, 0.3) is 0 Å². The Morgan fingerprint density at radius 1 is 1.22 bits per heavy atom. The molecule has 0 radical (unpaired) electrons. The number of H-pyrrole nitrogens is 1. The second-order valence-electron chi connectivity index (χ2n) is 5.30. The summed E-state index contributed by atoms with van der Waals surface area (Å²) in [5.41, 5.74) is 2.74. The molecule has 0 saturated heterocycles. The first-order valence-corrected chi connectivity index (χ1v) is 8.17. The summed E-state index contributed by atoms with van der Waals surface area (Å²) in [7, 11) is 0. The molecule has 5 nitrogen and oxygen atoms in total. The number of thiazole rings is 1. The zero-order valence-electron chi connectivity index (χ0n) is 12.2. The van der Waals surface area contributed by atoms with E-state index in [1.807, 2.05) is 36.4 Å². The predicted octanol–water partition coefficient (Wildman–Crippen LogP) is 3.74. The lowest BCUT2D eigenvalue weighted by molar-refractivity contribution is -0.116. The Kier molecular flexibility index (Phi) is 3.51. The molecule has 114 valence electrons. The number of carbonyl (C=O) groups is 1. The molecular formula is C17H14N4OS. The highest BCUT2D eigenvalue weighted by Crippen LogP contribution is 2.23. The zero-order valence-corrected chi connectivity index (χ0v) is 13.1. The van der Waals surface area contributed by atoms with Crippen LogP contribution in [0.25, 0.3) is 21.1 Å². The van der Waals surface area contributed by atoms with Gasteiger partial charge in [-0.05, 0) is 30.3 Å². The third-order valence-corrected chi connectivity index (χ3v) is 4.72. The van der Waals surface area contributed by atoms with E-state index in [9.17, 15) is 4.79 Å². The number of hydrogen-bond donors (Lipinski definition) is 2. The molecule has 4 aromatic rings. The van der Waals surface area contributed by atoms with Crippen molar-refractivity contribution in [3.8, 4) is 0 Å². The molecule has 2 aromatic heterocycles. The van der Waals surface area contributed by atoms with Crippen molar-refractivity contribution in [1.29, 1.82) is 0 Å². The first-order chi connectivity index (χ1) is 11.3. The molecule has 4 rings (SSSR count). The number of benzene rings is 2. The maximum Gasteiger partial charge on any atom is 0.224 e. The fourth-order valence-corrected chi connectivity index (χ4v) is 3.46. The topological polar surface area (TPSA) is 70.7 Å². The average Bonchev–Trinajstić information content (AvgIpc) is 3.18. The van der Waals surface area contributed by atoms with Crippen molar-refractivity contribution in [2.24, 2.45) is 0 Å². The molecule has 0 aliphatic rings. The predicted molar refractivity (Wildman–Crippen MR) is 92.7 cm³/mol. The molecule has 6 heteroatoms. The first kappa shape index (κ1) is 13.9. The van der Waals surface area contributed by atoms with E-state index in [-0.39, 0.29) is 5.91 Å². The molecule has 0 aliphatic heterocycles. The molecule has 2 aromatic carbocycles. The Bertz CT molecular complexity index is 955. The average molecular weight is 322 g/mol. The van der Waals surface area contributed by atoms with Crippen LogP contribution in [-0.2, 0) is 11.2 Å². The van der Waals surface area contributed by atoms with Gasteiger partial charge in [0.15, 0.2) is 0 Å². The van der Waals surface area contributed by atoms with Gasteiger partial charge in [0.1, 0.15) is 0 Å². The molecule has 23 heavy (non-hydrogen) atoms. The minimum absolute atomic E-state index is 0.00731. The summed E-state index contributed by atoms with van der Waals surface area (Å²) >= 11 is 1.65. The molecule has 0 unspecified atom stereocenters. The lowest BCUT2D eigenvalue weighted by Gasteiger charge is -2.04. The van der Waals surface area contributed by atoms with Crippen molar-refractivity contribution < 1.29 is 4.79 Å². The number of aromatic amines is 1. The number of fused-ring (bicyclic) bond motifs is 2. The largest absolute Gasteiger partial charge is 0.326 e. The number of hydrogen-bond acceptors (Lipinski definition) is 4. The van der Waals surface area contributed by atoms with Crippen LogP contribution in [0.3, 0.4) is 0 Å². The molecule has 2 N–H and O–H groups in total. The number of para-hydroxylation sites is 1. The smallest absolute Gasteiger partial charge is 0.224 e. The Morgan fingerprint density at radius 2 is 2.13 bits per heavy atom. The normalized spacial score (nSPS) is 11.1. The molecule has 0 fully saturated rings. The van der Waals surface area contributed by atoms with Gasteiger partial charge < -0.3 is 5.32 Å². The molecule has 2 heterocycles. The van der Waals surface area contributed by atoms with Gasteiger partial charge in [-0.15, -0.1) is 11.3 Å². The third-order valence-electron chi connectivity index (χ3n) is 3.63. The standard InChI is InChI=1S/C17H14N4OS/c22-16(19-12-5-6-13-11(9-12)10-18-21-13)7-8-17-20-14-3-1-2-4-15(14)23-17/h1-6,9-10H,7-8H2,(H,18,21)(H,19,22). The molecule has 1 amide bonds. The van der Waals surface area contributed by atoms with Crippen molar-refractivity contribution in [3.63, 3.8) is 0 Å². The molecular weight excluding hydrogens is 308 g/mol. The quantitative estimate of drug-likeness (QED) is 0.601. The van der Waals surface area contributed by atoms with Gasteiger partial charge in [-0.2, -0.15) is 5.10 Å². The van der Waals surface area contributed by atoms with Crippen molar-refractivity contribution in [2.45, 2.75) is 12.8 Å². The van der Waals surface area contributed by atoms with Crippen molar-refractivity contribution >= 4 is 44.1 Å². The number of rotatable bonds is 4. The van der Waals surface area contributed by atoms with Crippen LogP contribution in [0.1, 0.15) is 11.4 Å². The second kappa shape index (κ2) is 5.81. The van der Waals surface area contributed by atoms with E-state index in [1.54, 1.807) is 17.5 Å². The number of nitrogens with one attached hydrogen (secondary N) is 2. The van der Waals surface area contributed by atoms with Gasteiger partial charge >= 0.3 is 0 Å². The van der Waals surface area contributed by atoms with E-state index in [4.69, 9.17) is 0 Å². The number of nitrogens with zero attached hydrogens (tertiary/aromatic N) is 2. The van der Waals surface area contributed by atoms with Crippen LogP contribution in [-0.4, -0.2) is 21.1 Å². The number of carbonyl (C=O) groups excluding carboxylic acids is 1. The van der Waals surface area contributed by atoms with Gasteiger partial charge in [-0.1, -0.05) is 12.1 Å². The monoisotopic (exact) mass is 322 g/mol. The SMILES string of the molecule is O=C(CCc1nc2ccccc2s1)Nc1ccc2[nH]ncc2c1. The van der Waals surface area contributed by atoms with E-state index in [1.165, 1.54) is 0 Å². The maximum atomic E-state index is 12.1. The van der Waals surface area contributed by atoms with E-state index in [0.29, 0.717) is 12.8 Å². The summed E-state index contributed by atoms with van der Waals surface area (Å²) < 4.78 is 1.16. The van der Waals surface area contributed by atoms with Gasteiger partial charge in [-0.25, -0.2) is 4.98 Å². The summed E-state index contributed by atoms with van der Waals surface area (Å²) in [6.45, 7) is 0. The summed E-state index contributed by atoms with van der Waals surface area (Å²) in [6.07, 6.45) is 2.81. The number of amides is 1. The van der Waals surface area contributed by atoms with Gasteiger partial charge in [-0.3, -0.25) is 9.89 Å². The van der Waals surface area contributed by atoms with E-state index >= 15 is 0 Å². The highest BCUT2D eigenvalue weighted by atomic mass is 32.1. The van der Waals surface area contributed by atoms with E-state index in [2.05, 4.69) is 26.6 Å². The Balaban J connectivity index is 1.41. The lowest BCUT2D eigenvalue weighted by atomic mass is 10.2. The Hall–Kier alpha value is -2.73. The van der Waals surface area contributed by atoms with Crippen LogP contribution in [0.15, 0.2) is 48.7 Å². The Labute approximate surface area is 136 Å². The second-order valence-corrected chi connectivity index (χ2v) is 6.41. The highest BCUT2D eigenvalue weighted by Gasteiger charge is 2.08. The molecule has 0 atom stereocenters. The zero-order chi connectivity index (χ0) is 15.6. The van der Waals surface area contributed by atoms with Crippen molar-refractivity contribution in [2.75, 3.05) is 5.32 Å². The van der Waals surface area contributed by atoms with Crippen LogP contribution < -0.4 is 5.32 Å². The minimum atomic E-state index is -0.00731. The maximum absolute atomic E-state index is 12.1. The van der Waals surface area contributed by atoms with Crippen molar-refractivity contribution in [3.05, 3.63) is 53.7 Å². The minimum Gasteiger partial charge on any atom is -0.326 e. The Morgan fingerprint density at radius 3 is 3.04 bits per heavy atom. The van der Waals surface area contributed by atoms with Crippen LogP contribution in [0, 0.1) is 0 Å². The van der Waals surface area contributed by atoms with Crippen LogP contribution in [0.5, 0.6) is 0 Å². The first-order valence-electron chi connectivity index (χ1n) is 7.35. The highest BCUT2D eigenvalue weighted by molar-refractivity contribution is 7.18. The molecule has 0 bridgehead atoms. The summed E-state index contributed by atoms with van der Waals surface area (Å²) in [6, 6.07) is 13.7. The summed E-state index contributed by atoms with van der Waals surface area (Å²) in [5, 5.41) is 11.8. The lowest BCUT2D eigenvalue weighted by Crippen LogP contribution is -2.12. The fraction of sp³-hybridized carbons (Fsp3) is 0.118. The third kappa shape index (κ3) is 2.93. The van der Waals surface area contributed by atoms with Crippen LogP contribution in [0.2, 0.25) is 0 Å². The van der Waals surface area contributed by atoms with Gasteiger partial charge in [0.05, 0.1) is 26.9 Å². The number of aryl methyl sites for hydroxylation is 1. The van der Waals surface area contributed by atoms with Crippen LogP contribution >= 0.6 is 11.3 Å². The number of anilines is 1. The van der Waals surface area contributed by atoms with E-state index in [0.717, 1.165) is 31.8 Å². The molecule has 0 aliphatic carbocycles. The number of aromatic nitrogens is 3. The van der Waals surface area contributed by atoms with Crippen LogP contribution in [0.4, 0.5) is 5.69 Å². The molecule has 0 saturated carbocycles. The molecule has 0 spiro atoms. The van der Waals surface area contributed by atoms with Crippen molar-refractivity contribution in [1.82, 2.24) is 15.2 Å².